The number of benzene rings is 1. The van der Waals surface area contributed by atoms with E-state index in [1.807, 2.05) is 0 Å². The molecule has 2 aliphatic heterocycles. The van der Waals surface area contributed by atoms with E-state index in [4.69, 9.17) is 0 Å². The van der Waals surface area contributed by atoms with Crippen LogP contribution in [0.1, 0.15) is 37.0 Å². The molecule has 10 nitrogen and oxygen atoms in total. The van der Waals surface area contributed by atoms with Gasteiger partial charge in [0.15, 0.2) is 0 Å². The fraction of sp³-hybridized carbons (Fsp3) is 0.591. The van der Waals surface area contributed by atoms with Crippen molar-refractivity contribution in [2.75, 3.05) is 58.3 Å². The highest BCUT2D eigenvalue weighted by Gasteiger charge is 2.31. The largest absolute Gasteiger partial charge is 0.371 e. The van der Waals surface area contributed by atoms with Crippen molar-refractivity contribution in [3.05, 3.63) is 23.8 Å². The summed E-state index contributed by atoms with van der Waals surface area (Å²) < 4.78 is 26.5. The second kappa shape index (κ2) is 10.1. The van der Waals surface area contributed by atoms with E-state index in [0.717, 1.165) is 35.9 Å². The topological polar surface area (TPSA) is 110 Å². The molecule has 0 saturated carbocycles. The van der Waals surface area contributed by atoms with Crippen LogP contribution in [-0.2, 0) is 19.6 Å². The Morgan fingerprint density at radius 2 is 1.52 bits per heavy atom. The molecule has 0 atom stereocenters. The quantitative estimate of drug-likeness (QED) is 0.610. The minimum atomic E-state index is -3.70. The SMILES string of the molecule is CC(C)NC(=O)C(=O)N1CCN(C(=O)c2cc(S(=O)(=O)N(C)C)ccc2N2CCCC2)CC1. The third kappa shape index (κ3) is 5.47. The Morgan fingerprint density at radius 3 is 2.06 bits per heavy atom. The number of piperazine rings is 1. The normalized spacial score (nSPS) is 17.1. The van der Waals surface area contributed by atoms with Gasteiger partial charge in [-0.2, -0.15) is 0 Å². The minimum Gasteiger partial charge on any atom is -0.371 e. The van der Waals surface area contributed by atoms with Gasteiger partial charge in [-0.3, -0.25) is 14.4 Å². The molecule has 2 aliphatic rings. The Labute approximate surface area is 195 Å². The van der Waals surface area contributed by atoms with Gasteiger partial charge in [0.1, 0.15) is 0 Å². The van der Waals surface area contributed by atoms with Gasteiger partial charge >= 0.3 is 11.8 Å². The van der Waals surface area contributed by atoms with Crippen LogP contribution < -0.4 is 10.2 Å². The molecule has 0 aliphatic carbocycles. The van der Waals surface area contributed by atoms with E-state index in [1.54, 1.807) is 30.9 Å². The van der Waals surface area contributed by atoms with Crippen LogP contribution in [0.2, 0.25) is 0 Å². The van der Waals surface area contributed by atoms with Gasteiger partial charge in [-0.05, 0) is 44.9 Å². The first-order valence-electron chi connectivity index (χ1n) is 11.2. The van der Waals surface area contributed by atoms with Crippen LogP contribution in [0.25, 0.3) is 0 Å². The van der Waals surface area contributed by atoms with Crippen molar-refractivity contribution >= 4 is 33.4 Å². The van der Waals surface area contributed by atoms with Gasteiger partial charge in [-0.25, -0.2) is 12.7 Å². The third-order valence-corrected chi connectivity index (χ3v) is 7.70. The second-order valence-corrected chi connectivity index (χ2v) is 11.0. The highest BCUT2D eigenvalue weighted by molar-refractivity contribution is 7.89. The van der Waals surface area contributed by atoms with Crippen molar-refractivity contribution in [1.29, 1.82) is 0 Å². The lowest BCUT2D eigenvalue weighted by Gasteiger charge is -2.35. The molecule has 1 N–H and O–H groups in total. The molecule has 3 rings (SSSR count). The zero-order valence-corrected chi connectivity index (χ0v) is 20.5. The number of nitrogens with zero attached hydrogens (tertiary/aromatic N) is 4. The van der Waals surface area contributed by atoms with Gasteiger partial charge in [0.25, 0.3) is 5.91 Å². The molecule has 2 saturated heterocycles. The zero-order chi connectivity index (χ0) is 24.3. The average Bonchev–Trinajstić information content (AvgIpc) is 3.32. The monoisotopic (exact) mass is 479 g/mol. The molecule has 2 fully saturated rings. The fourth-order valence-electron chi connectivity index (χ4n) is 4.04. The Morgan fingerprint density at radius 1 is 0.939 bits per heavy atom. The van der Waals surface area contributed by atoms with Crippen LogP contribution in [0.15, 0.2) is 23.1 Å². The van der Waals surface area contributed by atoms with Crippen molar-refractivity contribution in [3.63, 3.8) is 0 Å². The Bertz CT molecular complexity index is 1010. The Kier molecular flexibility index (Phi) is 7.63. The predicted octanol–water partition coefficient (Wildman–Crippen LogP) is 0.346. The van der Waals surface area contributed by atoms with Gasteiger partial charge < -0.3 is 20.0 Å². The van der Waals surface area contributed by atoms with Crippen LogP contribution in [0.4, 0.5) is 5.69 Å². The van der Waals surface area contributed by atoms with Crippen LogP contribution in [0.3, 0.4) is 0 Å². The van der Waals surface area contributed by atoms with Crippen molar-refractivity contribution in [1.82, 2.24) is 19.4 Å². The van der Waals surface area contributed by atoms with Gasteiger partial charge in [0.05, 0.1) is 10.5 Å². The summed E-state index contributed by atoms with van der Waals surface area (Å²) in [5.74, 6) is -1.53. The number of nitrogens with one attached hydrogen (secondary N) is 1. The summed E-state index contributed by atoms with van der Waals surface area (Å²) in [5.41, 5.74) is 1.07. The molecule has 33 heavy (non-hydrogen) atoms. The molecule has 2 heterocycles. The minimum absolute atomic E-state index is 0.0676. The first-order valence-corrected chi connectivity index (χ1v) is 12.7. The number of carbonyl (C=O) groups excluding carboxylic acids is 3. The van der Waals surface area contributed by atoms with E-state index in [-0.39, 0.29) is 43.0 Å². The van der Waals surface area contributed by atoms with Crippen LogP contribution in [-0.4, -0.2) is 99.7 Å². The molecular weight excluding hydrogens is 446 g/mol. The van der Waals surface area contributed by atoms with E-state index in [9.17, 15) is 22.8 Å². The second-order valence-electron chi connectivity index (χ2n) is 8.87. The summed E-state index contributed by atoms with van der Waals surface area (Å²) in [6, 6.07) is 4.58. The van der Waals surface area contributed by atoms with Crippen molar-refractivity contribution in [2.24, 2.45) is 0 Å². The fourth-order valence-corrected chi connectivity index (χ4v) is 4.97. The van der Waals surface area contributed by atoms with Gasteiger partial charge in [-0.15, -0.1) is 0 Å². The summed E-state index contributed by atoms with van der Waals surface area (Å²) in [5, 5.41) is 2.59. The number of carbonyl (C=O) groups is 3. The zero-order valence-electron chi connectivity index (χ0n) is 19.7. The molecule has 0 unspecified atom stereocenters. The lowest BCUT2D eigenvalue weighted by atomic mass is 10.1. The molecule has 11 heteroatoms. The number of anilines is 1. The highest BCUT2D eigenvalue weighted by atomic mass is 32.2. The summed E-state index contributed by atoms with van der Waals surface area (Å²) in [6.45, 7) is 6.21. The van der Waals surface area contributed by atoms with Gasteiger partial charge in [0, 0.05) is 65.1 Å². The number of hydrogen-bond donors (Lipinski definition) is 1. The van der Waals surface area contributed by atoms with E-state index in [2.05, 4.69) is 10.2 Å². The number of sulfonamides is 1. The van der Waals surface area contributed by atoms with Gasteiger partial charge in [0.2, 0.25) is 10.0 Å². The molecule has 0 spiro atoms. The summed E-state index contributed by atoms with van der Waals surface area (Å²) in [7, 11) is -0.786. The smallest absolute Gasteiger partial charge is 0.312 e. The standard InChI is InChI=1S/C22H33N5O5S/c1-16(2)23-20(28)22(30)27-13-11-26(12-14-27)21(29)18-15-17(33(31,32)24(3)4)7-8-19(18)25-9-5-6-10-25/h7-8,15-16H,5-6,9-14H2,1-4H3,(H,23,28). The highest BCUT2D eigenvalue weighted by Crippen LogP contribution is 2.29. The third-order valence-electron chi connectivity index (χ3n) is 5.89. The van der Waals surface area contributed by atoms with Crippen LogP contribution >= 0.6 is 0 Å². The maximum atomic E-state index is 13.5. The molecule has 0 bridgehead atoms. The van der Waals surface area contributed by atoms with E-state index < -0.39 is 21.8 Å². The number of amides is 3. The van der Waals surface area contributed by atoms with Crippen LogP contribution in [0.5, 0.6) is 0 Å². The van der Waals surface area contributed by atoms with E-state index >= 15 is 0 Å². The number of hydrogen-bond acceptors (Lipinski definition) is 6. The predicted molar refractivity (Wildman–Crippen MR) is 125 cm³/mol. The average molecular weight is 480 g/mol. The van der Waals surface area contributed by atoms with Gasteiger partial charge in [-0.1, -0.05) is 0 Å². The Balaban J connectivity index is 1.81. The molecular formula is C22H33N5O5S. The Hall–Kier alpha value is -2.66. The molecule has 1 aromatic carbocycles. The maximum absolute atomic E-state index is 13.5. The maximum Gasteiger partial charge on any atom is 0.312 e. The summed E-state index contributed by atoms with van der Waals surface area (Å²) >= 11 is 0. The molecule has 3 amide bonds. The molecule has 0 aromatic heterocycles. The molecule has 182 valence electrons. The first-order chi connectivity index (χ1) is 15.5. The summed E-state index contributed by atoms with van der Waals surface area (Å²) in [6.07, 6.45) is 2.04. The van der Waals surface area contributed by atoms with Crippen LogP contribution in [0, 0.1) is 0 Å². The van der Waals surface area contributed by atoms with E-state index in [0.29, 0.717) is 5.56 Å². The summed E-state index contributed by atoms with van der Waals surface area (Å²) in [4.78, 5) is 43.1. The van der Waals surface area contributed by atoms with E-state index in [1.165, 1.54) is 25.1 Å². The van der Waals surface area contributed by atoms with Crippen molar-refractivity contribution in [3.8, 4) is 0 Å². The lowest BCUT2D eigenvalue weighted by Crippen LogP contribution is -2.54. The van der Waals surface area contributed by atoms with Crippen molar-refractivity contribution in [2.45, 2.75) is 37.6 Å². The molecule has 1 aromatic rings. The molecule has 0 radical (unpaired) electrons. The lowest BCUT2D eigenvalue weighted by molar-refractivity contribution is -0.147. The first kappa shape index (κ1) is 25.0. The van der Waals surface area contributed by atoms with Crippen molar-refractivity contribution < 1.29 is 22.8 Å². The number of rotatable bonds is 5.